The fraction of sp³-hybridized carbons (Fsp3) is 0.703. The molecule has 0 saturated heterocycles. The maximum Gasteiger partial charge on any atom is 0.228 e. The van der Waals surface area contributed by atoms with Crippen molar-refractivity contribution in [2.45, 2.75) is 106 Å². The summed E-state index contributed by atoms with van der Waals surface area (Å²) >= 11 is 6.50. The van der Waals surface area contributed by atoms with E-state index in [-0.39, 0.29) is 38.1 Å². The Morgan fingerprint density at radius 3 is 2.33 bits per heavy atom. The zero-order valence-corrected chi connectivity index (χ0v) is 26.7. The van der Waals surface area contributed by atoms with Gasteiger partial charge < -0.3 is 0 Å². The minimum absolute atomic E-state index is 0.0168. The van der Waals surface area contributed by atoms with E-state index >= 15 is 0 Å². The number of aryl methyl sites for hydroxylation is 1. The lowest BCUT2D eigenvalue weighted by Gasteiger charge is -2.72. The van der Waals surface area contributed by atoms with Gasteiger partial charge in [0.2, 0.25) is 5.24 Å². The second-order valence-electron chi connectivity index (χ2n) is 16.1. The molecule has 0 aromatic heterocycles. The van der Waals surface area contributed by atoms with E-state index in [0.717, 1.165) is 37.7 Å². The average Bonchev–Trinajstić information content (AvgIpc) is 3.27. The smallest absolute Gasteiger partial charge is 0.228 e. The number of hydrogen-bond donors (Lipinski definition) is 0. The van der Waals surface area contributed by atoms with Gasteiger partial charge in [0.1, 0.15) is 5.82 Å². The normalized spacial score (nSPS) is 45.4. The minimum Gasteiger partial charge on any atom is -0.281 e. The van der Waals surface area contributed by atoms with E-state index in [9.17, 15) is 9.18 Å². The Bertz CT molecular complexity index is 1290. The topological polar surface area (TPSA) is 17.1 Å². The van der Waals surface area contributed by atoms with Crippen LogP contribution in [0.2, 0.25) is 0 Å². The number of rotatable bonds is 3. The third-order valence-corrected chi connectivity index (χ3v) is 14.9. The van der Waals surface area contributed by atoms with Crippen LogP contribution in [0.4, 0.5) is 4.39 Å². The molecule has 0 radical (unpaired) electrons. The van der Waals surface area contributed by atoms with E-state index < -0.39 is 0 Å². The highest BCUT2D eigenvalue weighted by atomic mass is 35.5. The van der Waals surface area contributed by atoms with Gasteiger partial charge in [0, 0.05) is 5.41 Å². The molecule has 218 valence electrons. The van der Waals surface area contributed by atoms with Gasteiger partial charge in [-0.25, -0.2) is 4.39 Å². The second-order valence-corrected chi connectivity index (χ2v) is 16.5. The van der Waals surface area contributed by atoms with Crippen molar-refractivity contribution in [1.29, 1.82) is 0 Å². The van der Waals surface area contributed by atoms with E-state index in [1.54, 1.807) is 6.07 Å². The molecule has 6 rings (SSSR count). The van der Waals surface area contributed by atoms with Gasteiger partial charge >= 0.3 is 0 Å². The predicted molar refractivity (Wildman–Crippen MR) is 164 cm³/mol. The Labute approximate surface area is 247 Å². The maximum absolute atomic E-state index is 14.7. The van der Waals surface area contributed by atoms with E-state index in [4.69, 9.17) is 11.6 Å². The van der Waals surface area contributed by atoms with E-state index in [0.29, 0.717) is 35.2 Å². The number of carbonyl (C=O) groups excluding carboxylic acids is 1. The first-order valence-corrected chi connectivity index (χ1v) is 16.3. The zero-order valence-electron chi connectivity index (χ0n) is 25.9. The first-order valence-electron chi connectivity index (χ1n) is 16.0. The Hall–Kier alpha value is -1.41. The predicted octanol–water partition coefficient (Wildman–Crippen LogP) is 10.6. The van der Waals surface area contributed by atoms with Gasteiger partial charge in [-0.1, -0.05) is 65.0 Å². The van der Waals surface area contributed by atoms with Crippen molar-refractivity contribution in [2.24, 2.45) is 56.7 Å². The van der Waals surface area contributed by atoms with Crippen LogP contribution in [0.1, 0.15) is 110 Å². The fourth-order valence-electron chi connectivity index (χ4n) is 12.3. The van der Waals surface area contributed by atoms with Crippen LogP contribution < -0.4 is 0 Å². The summed E-state index contributed by atoms with van der Waals surface area (Å²) in [6.45, 7) is 21.1. The molecule has 0 N–H and O–H groups in total. The lowest BCUT2D eigenvalue weighted by atomic mass is 9.32. The fourth-order valence-corrected chi connectivity index (χ4v) is 12.7. The van der Waals surface area contributed by atoms with Crippen molar-refractivity contribution >= 4 is 22.4 Å². The molecule has 1 aromatic rings. The molecule has 0 aliphatic heterocycles. The summed E-state index contributed by atoms with van der Waals surface area (Å²) in [6, 6.07) is 5.82. The third kappa shape index (κ3) is 3.53. The molecule has 4 saturated carbocycles. The molecule has 1 nitrogen and oxygen atoms in total. The summed E-state index contributed by atoms with van der Waals surface area (Å²) in [5.41, 5.74) is 4.60. The Balaban J connectivity index is 1.39. The molecule has 5 aliphatic rings. The average molecular weight is 565 g/mol. The molecule has 9 atom stereocenters. The van der Waals surface area contributed by atoms with Crippen LogP contribution >= 0.6 is 11.6 Å². The number of carbonyl (C=O) groups is 1. The van der Waals surface area contributed by atoms with Gasteiger partial charge in [-0.05, 0) is 157 Å². The molecule has 0 heterocycles. The van der Waals surface area contributed by atoms with Crippen LogP contribution in [0.25, 0.3) is 5.57 Å². The second kappa shape index (κ2) is 9.05. The number of halogens is 2. The van der Waals surface area contributed by atoms with E-state index in [2.05, 4.69) is 60.3 Å². The SMILES string of the molecule is C=C(C)[C@@H]1CC[C@]2(C(=O)Cl)CC[C@]3(C)[C@H](CC[C@@H]4[C@@]5(C)CC=C(c6ccc(C)c(F)c6)C(C)(C)[C@@H]5CC[C@]43C)[C@@H]12. The van der Waals surface area contributed by atoms with Crippen molar-refractivity contribution in [1.82, 2.24) is 0 Å². The Morgan fingerprint density at radius 2 is 1.68 bits per heavy atom. The van der Waals surface area contributed by atoms with Crippen molar-refractivity contribution in [2.75, 3.05) is 0 Å². The summed E-state index contributed by atoms with van der Waals surface area (Å²) < 4.78 is 14.7. The summed E-state index contributed by atoms with van der Waals surface area (Å²) in [4.78, 5) is 13.1. The van der Waals surface area contributed by atoms with Gasteiger partial charge in [0.05, 0.1) is 0 Å². The molecule has 40 heavy (non-hydrogen) atoms. The standard InChI is InChI=1S/C37H50ClFO/c1-22(2)25-13-18-37(32(38)40)20-19-35(7)27(31(25)37)11-12-30-34(6)16-14-26(24-10-9-23(3)28(39)21-24)33(4,5)29(34)15-17-36(30,35)8/h9-10,14,21,25,27,29-31H,1,11-13,15-20H2,2-8H3/t25-,27+,29-,30+,31+,34-,35+,36+,37-/m0/s1. The van der Waals surface area contributed by atoms with E-state index in [1.807, 2.05) is 13.0 Å². The van der Waals surface area contributed by atoms with Crippen molar-refractivity contribution < 1.29 is 9.18 Å². The molecular formula is C37H50ClFO. The maximum atomic E-state index is 14.7. The van der Waals surface area contributed by atoms with Gasteiger partial charge in [0.25, 0.3) is 0 Å². The molecule has 0 amide bonds. The van der Waals surface area contributed by atoms with Gasteiger partial charge in [0.15, 0.2) is 0 Å². The molecule has 0 unspecified atom stereocenters. The van der Waals surface area contributed by atoms with Crippen LogP contribution in [0, 0.1) is 69.4 Å². The van der Waals surface area contributed by atoms with Crippen molar-refractivity contribution in [3.63, 3.8) is 0 Å². The number of fused-ring (bicyclic) bond motifs is 7. The molecular weight excluding hydrogens is 515 g/mol. The number of benzene rings is 1. The summed E-state index contributed by atoms with van der Waals surface area (Å²) in [6.07, 6.45) is 12.5. The number of hydrogen-bond acceptors (Lipinski definition) is 1. The van der Waals surface area contributed by atoms with Crippen molar-refractivity contribution in [3.8, 4) is 0 Å². The largest absolute Gasteiger partial charge is 0.281 e. The highest BCUT2D eigenvalue weighted by Crippen LogP contribution is 2.77. The minimum atomic E-state index is -0.354. The first kappa shape index (κ1) is 28.7. The summed E-state index contributed by atoms with van der Waals surface area (Å²) in [7, 11) is 0. The van der Waals surface area contributed by atoms with Crippen LogP contribution in [0.15, 0.2) is 36.4 Å². The highest BCUT2D eigenvalue weighted by Gasteiger charge is 2.71. The summed E-state index contributed by atoms with van der Waals surface area (Å²) in [5, 5.41) is -0.0783. The molecule has 3 heteroatoms. The molecule has 5 aliphatic carbocycles. The Kier molecular flexibility index (Phi) is 6.49. The highest BCUT2D eigenvalue weighted by molar-refractivity contribution is 6.64. The Morgan fingerprint density at radius 1 is 0.950 bits per heavy atom. The third-order valence-electron chi connectivity index (χ3n) is 14.5. The summed E-state index contributed by atoms with van der Waals surface area (Å²) in [5.74, 6) is 2.36. The molecule has 0 spiro atoms. The molecule has 4 fully saturated rings. The van der Waals surface area contributed by atoms with Gasteiger partial charge in [-0.2, -0.15) is 0 Å². The lowest BCUT2D eigenvalue weighted by Crippen LogP contribution is -2.65. The van der Waals surface area contributed by atoms with Gasteiger partial charge in [-0.15, -0.1) is 0 Å². The molecule has 0 bridgehead atoms. The first-order chi connectivity index (χ1) is 18.6. The van der Waals surface area contributed by atoms with Crippen molar-refractivity contribution in [3.05, 3.63) is 53.4 Å². The zero-order chi connectivity index (χ0) is 29.0. The lowest BCUT2D eigenvalue weighted by molar-refractivity contribution is -0.223. The number of allylic oxidation sites excluding steroid dienone is 3. The molecule has 1 aromatic carbocycles. The quantitative estimate of drug-likeness (QED) is 0.263. The van der Waals surface area contributed by atoms with Crippen LogP contribution in [-0.2, 0) is 4.79 Å². The van der Waals surface area contributed by atoms with Crippen LogP contribution in [0.5, 0.6) is 0 Å². The van der Waals surface area contributed by atoms with Crippen LogP contribution in [0.3, 0.4) is 0 Å². The van der Waals surface area contributed by atoms with Crippen LogP contribution in [-0.4, -0.2) is 5.24 Å². The monoisotopic (exact) mass is 564 g/mol. The van der Waals surface area contributed by atoms with E-state index in [1.165, 1.54) is 36.8 Å². The van der Waals surface area contributed by atoms with Gasteiger partial charge in [-0.3, -0.25) is 4.79 Å².